The molecule has 1 aliphatic heterocycles. The lowest BCUT2D eigenvalue weighted by Gasteiger charge is -2.23. The summed E-state index contributed by atoms with van der Waals surface area (Å²) in [5.74, 6) is 0.0119. The summed E-state index contributed by atoms with van der Waals surface area (Å²) in [6.45, 7) is 5.35. The van der Waals surface area contributed by atoms with E-state index in [0.29, 0.717) is 12.2 Å². The number of carbonyl (C=O) groups excluding carboxylic acids is 1. The Hall–Kier alpha value is -1.39. The average molecular weight is 277 g/mol. The molecule has 1 aromatic carbocycles. The van der Waals surface area contributed by atoms with Gasteiger partial charge in [-0.2, -0.15) is 0 Å². The molecule has 4 nitrogen and oxygen atoms in total. The molecule has 0 radical (unpaired) electrons. The molecule has 0 aromatic heterocycles. The Bertz CT molecular complexity index is 442. The summed E-state index contributed by atoms with van der Waals surface area (Å²) in [6, 6.07) is 7.52. The van der Waals surface area contributed by atoms with Gasteiger partial charge < -0.3 is 14.7 Å². The predicted octanol–water partition coefficient (Wildman–Crippen LogP) is 2.21. The molecule has 1 heterocycles. The summed E-state index contributed by atoms with van der Waals surface area (Å²) >= 11 is 0. The highest BCUT2D eigenvalue weighted by Crippen LogP contribution is 2.20. The lowest BCUT2D eigenvalue weighted by atomic mass is 10.1. The van der Waals surface area contributed by atoms with E-state index < -0.39 is 0 Å². The number of likely N-dealkylation sites (tertiary alicyclic amines) is 1. The fourth-order valence-electron chi connectivity index (χ4n) is 2.47. The van der Waals surface area contributed by atoms with Gasteiger partial charge in [-0.1, -0.05) is 12.1 Å². The second-order valence-electron chi connectivity index (χ2n) is 5.53. The van der Waals surface area contributed by atoms with E-state index in [0.717, 1.165) is 24.9 Å². The van der Waals surface area contributed by atoms with Crippen molar-refractivity contribution < 1.29 is 14.6 Å². The number of ether oxygens (including phenoxy) is 1. The van der Waals surface area contributed by atoms with Crippen LogP contribution in [0.4, 0.5) is 0 Å². The second kappa shape index (κ2) is 6.86. The van der Waals surface area contributed by atoms with Crippen LogP contribution in [0.25, 0.3) is 0 Å². The number of amides is 1. The molecule has 1 aromatic rings. The molecule has 0 aliphatic carbocycles. The van der Waals surface area contributed by atoms with Crippen LogP contribution in [0, 0.1) is 0 Å². The molecular formula is C16H23NO3. The number of aliphatic hydroxyl groups excluding tert-OH is 1. The van der Waals surface area contributed by atoms with E-state index in [4.69, 9.17) is 4.74 Å². The normalized spacial score (nSPS) is 18.8. The molecular weight excluding hydrogens is 254 g/mol. The Morgan fingerprint density at radius 3 is 2.70 bits per heavy atom. The zero-order chi connectivity index (χ0) is 14.5. The van der Waals surface area contributed by atoms with Gasteiger partial charge in [-0.25, -0.2) is 0 Å². The van der Waals surface area contributed by atoms with Gasteiger partial charge in [0.1, 0.15) is 0 Å². The first-order valence-electron chi connectivity index (χ1n) is 7.24. The van der Waals surface area contributed by atoms with E-state index in [-0.39, 0.29) is 24.7 Å². The summed E-state index contributed by atoms with van der Waals surface area (Å²) in [5, 5.41) is 9.29. The molecule has 0 spiro atoms. The smallest absolute Gasteiger partial charge is 0.254 e. The van der Waals surface area contributed by atoms with Crippen molar-refractivity contribution in [2.75, 3.05) is 13.2 Å². The third-order valence-corrected chi connectivity index (χ3v) is 3.63. The molecule has 1 atom stereocenters. The van der Waals surface area contributed by atoms with E-state index in [1.54, 1.807) is 4.90 Å². The Balaban J connectivity index is 2.00. The lowest BCUT2D eigenvalue weighted by molar-refractivity contribution is 0.0652. The molecule has 2 rings (SSSR count). The topological polar surface area (TPSA) is 49.8 Å². The standard InChI is InChI=1S/C16H23NO3/c1-12(2)20-11-13-5-7-14(8-6-13)16(19)17-9-3-4-15(17)10-18/h5-8,12,15,18H,3-4,9-11H2,1-2H3. The molecule has 1 amide bonds. The maximum Gasteiger partial charge on any atom is 0.254 e. The van der Waals surface area contributed by atoms with Crippen LogP contribution >= 0.6 is 0 Å². The number of hydrogen-bond donors (Lipinski definition) is 1. The number of rotatable bonds is 5. The number of carbonyl (C=O) groups is 1. The predicted molar refractivity (Wildman–Crippen MR) is 77.5 cm³/mol. The molecule has 1 aliphatic rings. The molecule has 4 heteroatoms. The fourth-order valence-corrected chi connectivity index (χ4v) is 2.47. The number of hydrogen-bond acceptors (Lipinski definition) is 3. The van der Waals surface area contributed by atoms with Crippen molar-refractivity contribution in [1.29, 1.82) is 0 Å². The van der Waals surface area contributed by atoms with E-state index >= 15 is 0 Å². The van der Waals surface area contributed by atoms with Crippen LogP contribution in [0.15, 0.2) is 24.3 Å². The first-order valence-corrected chi connectivity index (χ1v) is 7.24. The quantitative estimate of drug-likeness (QED) is 0.897. The van der Waals surface area contributed by atoms with Gasteiger partial charge in [0.2, 0.25) is 0 Å². The summed E-state index contributed by atoms with van der Waals surface area (Å²) < 4.78 is 5.53. The second-order valence-corrected chi connectivity index (χ2v) is 5.53. The molecule has 110 valence electrons. The molecule has 0 bridgehead atoms. The van der Waals surface area contributed by atoms with Crippen LogP contribution in [0.2, 0.25) is 0 Å². The summed E-state index contributed by atoms with van der Waals surface area (Å²) in [7, 11) is 0. The Labute approximate surface area is 120 Å². The van der Waals surface area contributed by atoms with Crippen LogP contribution in [0.5, 0.6) is 0 Å². The Morgan fingerprint density at radius 2 is 2.10 bits per heavy atom. The minimum Gasteiger partial charge on any atom is -0.394 e. The van der Waals surface area contributed by atoms with Gasteiger partial charge in [0, 0.05) is 12.1 Å². The van der Waals surface area contributed by atoms with Crippen LogP contribution < -0.4 is 0 Å². The van der Waals surface area contributed by atoms with E-state index in [9.17, 15) is 9.90 Å². The zero-order valence-corrected chi connectivity index (χ0v) is 12.2. The van der Waals surface area contributed by atoms with Crippen molar-refractivity contribution in [3.63, 3.8) is 0 Å². The molecule has 20 heavy (non-hydrogen) atoms. The van der Waals surface area contributed by atoms with Crippen molar-refractivity contribution in [3.8, 4) is 0 Å². The fraction of sp³-hybridized carbons (Fsp3) is 0.562. The zero-order valence-electron chi connectivity index (χ0n) is 12.2. The van der Waals surface area contributed by atoms with E-state index in [1.807, 2.05) is 38.1 Å². The minimum atomic E-state index is -0.0218. The SMILES string of the molecule is CC(C)OCc1ccc(C(=O)N2CCCC2CO)cc1. The van der Waals surface area contributed by atoms with Crippen molar-refractivity contribution in [2.45, 2.75) is 45.4 Å². The van der Waals surface area contributed by atoms with E-state index in [2.05, 4.69) is 0 Å². The monoisotopic (exact) mass is 277 g/mol. The first kappa shape index (κ1) is 15.0. The van der Waals surface area contributed by atoms with Crippen LogP contribution in [-0.4, -0.2) is 41.2 Å². The Kier molecular flexibility index (Phi) is 5.15. The Morgan fingerprint density at radius 1 is 1.40 bits per heavy atom. The van der Waals surface area contributed by atoms with Crippen LogP contribution in [0.1, 0.15) is 42.6 Å². The minimum absolute atomic E-state index is 0.0119. The largest absolute Gasteiger partial charge is 0.394 e. The molecule has 1 fully saturated rings. The maximum absolute atomic E-state index is 12.4. The third kappa shape index (κ3) is 3.58. The maximum atomic E-state index is 12.4. The number of benzene rings is 1. The van der Waals surface area contributed by atoms with Gasteiger partial charge in [0.15, 0.2) is 0 Å². The third-order valence-electron chi connectivity index (χ3n) is 3.63. The lowest BCUT2D eigenvalue weighted by Crippen LogP contribution is -2.37. The highest BCUT2D eigenvalue weighted by Gasteiger charge is 2.28. The van der Waals surface area contributed by atoms with Crippen molar-refractivity contribution in [2.24, 2.45) is 0 Å². The van der Waals surface area contributed by atoms with Gasteiger partial charge in [-0.15, -0.1) is 0 Å². The van der Waals surface area contributed by atoms with E-state index in [1.165, 1.54) is 0 Å². The van der Waals surface area contributed by atoms with Gasteiger partial charge in [-0.05, 0) is 44.4 Å². The van der Waals surface area contributed by atoms with Gasteiger partial charge in [0.05, 0.1) is 25.4 Å². The van der Waals surface area contributed by atoms with Crippen molar-refractivity contribution >= 4 is 5.91 Å². The summed E-state index contributed by atoms with van der Waals surface area (Å²) in [6.07, 6.45) is 2.06. The van der Waals surface area contributed by atoms with Gasteiger partial charge in [0.25, 0.3) is 5.91 Å². The molecule has 0 saturated carbocycles. The van der Waals surface area contributed by atoms with Gasteiger partial charge in [-0.3, -0.25) is 4.79 Å². The number of aliphatic hydroxyl groups is 1. The summed E-state index contributed by atoms with van der Waals surface area (Å²) in [4.78, 5) is 14.2. The highest BCUT2D eigenvalue weighted by molar-refractivity contribution is 5.94. The molecule has 1 saturated heterocycles. The van der Waals surface area contributed by atoms with Crippen LogP contribution in [0.3, 0.4) is 0 Å². The van der Waals surface area contributed by atoms with Crippen molar-refractivity contribution in [3.05, 3.63) is 35.4 Å². The first-order chi connectivity index (χ1) is 9.61. The summed E-state index contributed by atoms with van der Waals surface area (Å²) in [5.41, 5.74) is 1.74. The van der Waals surface area contributed by atoms with Crippen molar-refractivity contribution in [1.82, 2.24) is 4.90 Å². The van der Waals surface area contributed by atoms with Crippen LogP contribution in [-0.2, 0) is 11.3 Å². The number of nitrogens with zero attached hydrogens (tertiary/aromatic N) is 1. The highest BCUT2D eigenvalue weighted by atomic mass is 16.5. The average Bonchev–Trinajstić information content (AvgIpc) is 2.93. The molecule has 1 unspecified atom stereocenters. The molecule has 1 N–H and O–H groups in total. The van der Waals surface area contributed by atoms with Gasteiger partial charge >= 0.3 is 0 Å².